The van der Waals surface area contributed by atoms with E-state index in [9.17, 15) is 4.79 Å². The second-order valence-electron chi connectivity index (χ2n) is 9.48. The molecule has 2 N–H and O–H groups in total. The first kappa shape index (κ1) is 20.4. The molecule has 2 amide bonds. The Morgan fingerprint density at radius 3 is 2.69 bits per heavy atom. The quantitative estimate of drug-likeness (QED) is 0.697. The molecule has 2 bridgehead atoms. The number of hydrogen-bond donors (Lipinski definition) is 2. The number of urea groups is 1. The Labute approximate surface area is 175 Å². The number of fused-ring (bicyclic) bond motifs is 1. The summed E-state index contributed by atoms with van der Waals surface area (Å²) in [5.74, 6) is 1.47. The number of nitrogens with zero attached hydrogens (tertiary/aromatic N) is 2. The van der Waals surface area contributed by atoms with Gasteiger partial charge in [-0.3, -0.25) is 4.90 Å². The van der Waals surface area contributed by atoms with E-state index < -0.39 is 0 Å². The lowest BCUT2D eigenvalue weighted by molar-refractivity contribution is -0.00979. The lowest BCUT2D eigenvalue weighted by Crippen LogP contribution is -2.52. The van der Waals surface area contributed by atoms with E-state index in [4.69, 9.17) is 0 Å². The third-order valence-corrected chi connectivity index (χ3v) is 7.43. The zero-order valence-electron chi connectivity index (χ0n) is 18.0. The van der Waals surface area contributed by atoms with Crippen LogP contribution in [0.2, 0.25) is 0 Å². The molecule has 3 aliphatic carbocycles. The number of nitrogens with one attached hydrogen (secondary N) is 2. The summed E-state index contributed by atoms with van der Waals surface area (Å²) in [6, 6.07) is 10.2. The number of carbonyl (C=O) groups is 1. The van der Waals surface area contributed by atoms with Crippen molar-refractivity contribution in [3.05, 3.63) is 47.5 Å². The fourth-order valence-electron chi connectivity index (χ4n) is 5.21. The van der Waals surface area contributed by atoms with Gasteiger partial charge >= 0.3 is 6.03 Å². The largest absolute Gasteiger partial charge is 0.334 e. The third-order valence-electron chi connectivity index (χ3n) is 7.43. The van der Waals surface area contributed by atoms with E-state index >= 15 is 0 Å². The van der Waals surface area contributed by atoms with Gasteiger partial charge in [-0.25, -0.2) is 4.79 Å². The van der Waals surface area contributed by atoms with Crippen LogP contribution < -0.4 is 10.6 Å². The van der Waals surface area contributed by atoms with Crippen LogP contribution in [0.1, 0.15) is 32.3 Å². The summed E-state index contributed by atoms with van der Waals surface area (Å²) in [5, 5.41) is 6.56. The number of carbonyl (C=O) groups excluding carboxylic acids is 1. The smallest absolute Gasteiger partial charge is 0.318 e. The number of benzene rings is 1. The Kier molecular flexibility index (Phi) is 6.26. The van der Waals surface area contributed by atoms with Crippen molar-refractivity contribution in [2.75, 3.05) is 45.8 Å². The number of hydrogen-bond acceptors (Lipinski definition) is 3. The molecule has 5 rings (SSSR count). The van der Waals surface area contributed by atoms with Gasteiger partial charge in [0.1, 0.15) is 0 Å². The minimum absolute atomic E-state index is 0.0594. The molecule has 0 radical (unpaired) electrons. The minimum atomic E-state index is 0.0594. The van der Waals surface area contributed by atoms with E-state index in [-0.39, 0.29) is 6.03 Å². The second kappa shape index (κ2) is 8.88. The van der Waals surface area contributed by atoms with Crippen LogP contribution in [0.4, 0.5) is 4.79 Å². The van der Waals surface area contributed by atoms with E-state index in [0.717, 1.165) is 57.3 Å². The van der Waals surface area contributed by atoms with Crippen LogP contribution >= 0.6 is 0 Å². The Balaban J connectivity index is 1.39. The highest BCUT2D eigenvalue weighted by Crippen LogP contribution is 2.59. The van der Waals surface area contributed by atoms with Gasteiger partial charge in [-0.2, -0.15) is 0 Å². The lowest BCUT2D eigenvalue weighted by atomic mass is 9.49. The molecule has 2 fully saturated rings. The highest BCUT2D eigenvalue weighted by atomic mass is 16.2. The summed E-state index contributed by atoms with van der Waals surface area (Å²) < 4.78 is 0. The van der Waals surface area contributed by atoms with Gasteiger partial charge in [-0.05, 0) is 35.7 Å². The second-order valence-corrected chi connectivity index (χ2v) is 9.48. The van der Waals surface area contributed by atoms with E-state index in [0.29, 0.717) is 17.9 Å². The molecule has 1 aliphatic heterocycles. The van der Waals surface area contributed by atoms with Gasteiger partial charge < -0.3 is 15.5 Å². The molecule has 1 heterocycles. The summed E-state index contributed by atoms with van der Waals surface area (Å²) >= 11 is 0. The molecule has 0 spiro atoms. The number of piperazine rings is 1. The molecule has 5 nitrogen and oxygen atoms in total. The summed E-state index contributed by atoms with van der Waals surface area (Å²) in [6.45, 7) is 12.1. The van der Waals surface area contributed by atoms with Gasteiger partial charge in [0, 0.05) is 52.4 Å². The van der Waals surface area contributed by atoms with Crippen molar-refractivity contribution < 1.29 is 4.79 Å². The maximum absolute atomic E-state index is 13.1. The van der Waals surface area contributed by atoms with Crippen LogP contribution in [0, 0.1) is 17.3 Å². The van der Waals surface area contributed by atoms with Crippen LogP contribution in [-0.4, -0.2) is 61.6 Å². The fourth-order valence-corrected chi connectivity index (χ4v) is 5.21. The lowest BCUT2D eigenvalue weighted by Gasteiger charge is -2.57. The molecule has 4 aliphatic rings. The minimum Gasteiger partial charge on any atom is -0.334 e. The zero-order valence-corrected chi connectivity index (χ0v) is 18.0. The standard InChI is InChI=1S/C24H36N4O/c1-24(2)21-9-8-20(22(24)16-21)18-28(15-14-27-12-10-25-11-13-27)23(29)26-17-19-6-4-3-5-7-19/h3-8,21-22,25H,9-18H2,1-2H3,(H,26,29). The third kappa shape index (κ3) is 4.67. The molecule has 158 valence electrons. The maximum atomic E-state index is 13.1. The van der Waals surface area contributed by atoms with Crippen molar-refractivity contribution in [2.45, 2.75) is 33.2 Å². The van der Waals surface area contributed by atoms with E-state index in [1.54, 1.807) is 0 Å². The van der Waals surface area contributed by atoms with Gasteiger partial charge in [0.05, 0.1) is 0 Å². The Morgan fingerprint density at radius 1 is 1.24 bits per heavy atom. The molecular formula is C24H36N4O. The van der Waals surface area contributed by atoms with Gasteiger partial charge in [-0.1, -0.05) is 55.8 Å². The van der Waals surface area contributed by atoms with Gasteiger partial charge in [-0.15, -0.1) is 0 Å². The van der Waals surface area contributed by atoms with E-state index in [2.05, 4.69) is 47.6 Å². The number of allylic oxidation sites excluding steroid dienone is 1. The molecule has 29 heavy (non-hydrogen) atoms. The average Bonchev–Trinajstić information content (AvgIpc) is 2.76. The predicted molar refractivity (Wildman–Crippen MR) is 118 cm³/mol. The molecule has 5 heteroatoms. The van der Waals surface area contributed by atoms with Crippen LogP contribution in [-0.2, 0) is 6.54 Å². The highest BCUT2D eigenvalue weighted by molar-refractivity contribution is 5.74. The molecule has 1 aromatic rings. The topological polar surface area (TPSA) is 47.6 Å². The first-order chi connectivity index (χ1) is 14.0. The van der Waals surface area contributed by atoms with Crippen molar-refractivity contribution in [1.29, 1.82) is 0 Å². The van der Waals surface area contributed by atoms with Crippen LogP contribution in [0.3, 0.4) is 0 Å². The molecule has 1 saturated carbocycles. The summed E-state index contributed by atoms with van der Waals surface area (Å²) in [7, 11) is 0. The molecule has 2 unspecified atom stereocenters. The predicted octanol–water partition coefficient (Wildman–Crippen LogP) is 3.10. The summed E-state index contributed by atoms with van der Waals surface area (Å²) in [6.07, 6.45) is 4.90. The average molecular weight is 397 g/mol. The van der Waals surface area contributed by atoms with E-state index in [1.807, 2.05) is 23.1 Å². The van der Waals surface area contributed by atoms with Gasteiger partial charge in [0.15, 0.2) is 0 Å². The Bertz CT molecular complexity index is 724. The molecule has 1 aromatic carbocycles. The SMILES string of the molecule is CC1(C)C2CC=C(CN(CCN3CCNCC3)C(=O)NCc3ccccc3)C1C2. The fraction of sp³-hybridized carbons (Fsp3) is 0.625. The van der Waals surface area contributed by atoms with E-state index in [1.165, 1.54) is 18.4 Å². The van der Waals surface area contributed by atoms with Crippen molar-refractivity contribution in [3.8, 4) is 0 Å². The molecule has 2 atom stereocenters. The Hall–Kier alpha value is -1.85. The first-order valence-corrected chi connectivity index (χ1v) is 11.2. The first-order valence-electron chi connectivity index (χ1n) is 11.2. The van der Waals surface area contributed by atoms with Crippen molar-refractivity contribution in [3.63, 3.8) is 0 Å². The number of amides is 2. The monoisotopic (exact) mass is 396 g/mol. The molecular weight excluding hydrogens is 360 g/mol. The summed E-state index contributed by atoms with van der Waals surface area (Å²) in [4.78, 5) is 17.6. The van der Waals surface area contributed by atoms with Crippen LogP contribution in [0.5, 0.6) is 0 Å². The van der Waals surface area contributed by atoms with Crippen molar-refractivity contribution >= 4 is 6.03 Å². The molecule has 0 aromatic heterocycles. The van der Waals surface area contributed by atoms with Gasteiger partial charge in [0.2, 0.25) is 0 Å². The maximum Gasteiger partial charge on any atom is 0.318 e. The highest BCUT2D eigenvalue weighted by Gasteiger charge is 2.51. The van der Waals surface area contributed by atoms with Gasteiger partial charge in [0.25, 0.3) is 0 Å². The van der Waals surface area contributed by atoms with Crippen molar-refractivity contribution in [2.24, 2.45) is 17.3 Å². The molecule has 1 saturated heterocycles. The van der Waals surface area contributed by atoms with Crippen LogP contribution in [0.15, 0.2) is 42.0 Å². The zero-order chi connectivity index (χ0) is 20.3. The summed E-state index contributed by atoms with van der Waals surface area (Å²) in [5.41, 5.74) is 3.02. The normalized spacial score (nSPS) is 25.7. The Morgan fingerprint density at radius 2 is 2.00 bits per heavy atom. The van der Waals surface area contributed by atoms with Crippen molar-refractivity contribution in [1.82, 2.24) is 20.4 Å². The van der Waals surface area contributed by atoms with Crippen LogP contribution in [0.25, 0.3) is 0 Å². The number of rotatable bonds is 7.